The molecule has 2 aliphatic rings. The summed E-state index contributed by atoms with van der Waals surface area (Å²) < 4.78 is 0. The topological polar surface area (TPSA) is 35.6 Å². The summed E-state index contributed by atoms with van der Waals surface area (Å²) in [5.74, 6) is 0.634. The molecule has 0 radical (unpaired) electrons. The first kappa shape index (κ1) is 21.7. The van der Waals surface area contributed by atoms with Gasteiger partial charge in [-0.1, -0.05) is 61.5 Å². The Kier molecular flexibility index (Phi) is 6.45. The van der Waals surface area contributed by atoms with Crippen LogP contribution in [-0.4, -0.2) is 41.9 Å². The lowest BCUT2D eigenvalue weighted by Crippen LogP contribution is -2.43. The summed E-state index contributed by atoms with van der Waals surface area (Å²) in [6.07, 6.45) is 2.05. The summed E-state index contributed by atoms with van der Waals surface area (Å²) in [6, 6.07) is 25.4. The Balaban J connectivity index is 1.16. The van der Waals surface area contributed by atoms with Gasteiger partial charge >= 0.3 is 0 Å². The van der Waals surface area contributed by atoms with Crippen LogP contribution < -0.4 is 5.32 Å². The van der Waals surface area contributed by atoms with E-state index in [0.29, 0.717) is 5.92 Å². The van der Waals surface area contributed by atoms with Crippen molar-refractivity contribution >= 4 is 11.6 Å². The Bertz CT molecular complexity index is 1110. The molecule has 4 nitrogen and oxygen atoms in total. The van der Waals surface area contributed by atoms with Crippen LogP contribution in [0.3, 0.4) is 0 Å². The number of hydrogen-bond acceptors (Lipinski definition) is 3. The molecule has 1 N–H and O–H groups in total. The number of nitrogens with one attached hydrogen (secondary N) is 1. The first-order valence-corrected chi connectivity index (χ1v) is 12.1. The number of benzene rings is 3. The number of amides is 1. The molecule has 33 heavy (non-hydrogen) atoms. The van der Waals surface area contributed by atoms with Crippen LogP contribution in [0.1, 0.15) is 39.5 Å². The van der Waals surface area contributed by atoms with Crippen LogP contribution in [0, 0.1) is 5.92 Å². The van der Waals surface area contributed by atoms with Crippen molar-refractivity contribution in [2.75, 3.05) is 31.5 Å². The minimum absolute atomic E-state index is 0.182. The highest BCUT2D eigenvalue weighted by molar-refractivity contribution is 5.97. The van der Waals surface area contributed by atoms with E-state index in [2.05, 4.69) is 76.6 Å². The highest BCUT2D eigenvalue weighted by atomic mass is 16.2. The van der Waals surface area contributed by atoms with Crippen LogP contribution >= 0.6 is 0 Å². The Morgan fingerprint density at radius 1 is 0.848 bits per heavy atom. The Morgan fingerprint density at radius 3 is 2.45 bits per heavy atom. The minimum atomic E-state index is 0.182. The maximum Gasteiger partial charge on any atom is 0.254 e. The zero-order chi connectivity index (χ0) is 22.6. The smallest absolute Gasteiger partial charge is 0.254 e. The van der Waals surface area contributed by atoms with E-state index in [1.165, 1.54) is 16.7 Å². The third-order valence-electron chi connectivity index (χ3n) is 6.93. The van der Waals surface area contributed by atoms with Gasteiger partial charge < -0.3 is 10.2 Å². The fourth-order valence-corrected chi connectivity index (χ4v) is 5.21. The molecular formula is C29H33N3O. The van der Waals surface area contributed by atoms with Gasteiger partial charge in [0.2, 0.25) is 0 Å². The van der Waals surface area contributed by atoms with Gasteiger partial charge in [0.05, 0.1) is 0 Å². The van der Waals surface area contributed by atoms with E-state index < -0.39 is 0 Å². The molecule has 0 saturated carbocycles. The van der Waals surface area contributed by atoms with Crippen molar-refractivity contribution in [3.63, 3.8) is 0 Å². The zero-order valence-electron chi connectivity index (χ0n) is 19.5. The van der Waals surface area contributed by atoms with Crippen molar-refractivity contribution in [3.05, 3.63) is 101 Å². The highest BCUT2D eigenvalue weighted by Crippen LogP contribution is 2.25. The SMILES string of the molecule is C[C@H](CN1CCc2ccccc2C1)CN1CCc2cc(NCc3ccccc3)ccc2C1=O. The second-order valence-electron chi connectivity index (χ2n) is 9.57. The van der Waals surface area contributed by atoms with Crippen LogP contribution in [-0.2, 0) is 25.9 Å². The molecule has 0 spiro atoms. The number of rotatable bonds is 7. The van der Waals surface area contributed by atoms with Gasteiger partial charge in [-0.05, 0) is 59.2 Å². The van der Waals surface area contributed by atoms with Crippen LogP contribution in [0.5, 0.6) is 0 Å². The molecule has 170 valence electrons. The molecule has 5 rings (SSSR count). The molecule has 4 heteroatoms. The first-order chi connectivity index (χ1) is 16.2. The van der Waals surface area contributed by atoms with Crippen molar-refractivity contribution in [3.8, 4) is 0 Å². The third-order valence-corrected chi connectivity index (χ3v) is 6.93. The van der Waals surface area contributed by atoms with E-state index in [-0.39, 0.29) is 5.91 Å². The molecule has 1 amide bonds. The predicted molar refractivity (Wildman–Crippen MR) is 134 cm³/mol. The Hall–Kier alpha value is -3.11. The molecule has 2 heterocycles. The molecule has 0 fully saturated rings. The lowest BCUT2D eigenvalue weighted by molar-refractivity contribution is 0.0697. The number of fused-ring (bicyclic) bond motifs is 2. The maximum absolute atomic E-state index is 13.2. The standard InChI is InChI=1S/C29H33N3O/c1-22(19-31-15-13-24-9-5-6-10-26(24)21-31)20-32-16-14-25-17-27(11-12-28(25)29(32)33)30-18-23-7-3-2-4-8-23/h2-12,17,22,30H,13-16,18-21H2,1H3/t22-/m1/s1. The van der Waals surface area contributed by atoms with Gasteiger partial charge in [-0.2, -0.15) is 0 Å². The summed E-state index contributed by atoms with van der Waals surface area (Å²) in [5, 5.41) is 3.49. The fraction of sp³-hybridized carbons (Fsp3) is 0.345. The van der Waals surface area contributed by atoms with Crippen LogP contribution in [0.25, 0.3) is 0 Å². The van der Waals surface area contributed by atoms with Crippen molar-refractivity contribution in [2.45, 2.75) is 32.9 Å². The summed E-state index contributed by atoms with van der Waals surface area (Å²) in [7, 11) is 0. The van der Waals surface area contributed by atoms with Crippen LogP contribution in [0.4, 0.5) is 5.69 Å². The van der Waals surface area contributed by atoms with E-state index in [9.17, 15) is 4.79 Å². The van der Waals surface area contributed by atoms with Gasteiger partial charge in [-0.3, -0.25) is 9.69 Å². The molecule has 0 saturated heterocycles. The van der Waals surface area contributed by atoms with Crippen molar-refractivity contribution in [1.29, 1.82) is 0 Å². The van der Waals surface area contributed by atoms with Crippen LogP contribution in [0.15, 0.2) is 72.8 Å². The lowest BCUT2D eigenvalue weighted by atomic mass is 9.96. The first-order valence-electron chi connectivity index (χ1n) is 12.1. The molecule has 0 aliphatic carbocycles. The maximum atomic E-state index is 13.2. The number of carbonyl (C=O) groups excluding carboxylic acids is 1. The van der Waals surface area contributed by atoms with Crippen LogP contribution in [0.2, 0.25) is 0 Å². The van der Waals surface area contributed by atoms with Gasteiger partial charge in [0.25, 0.3) is 5.91 Å². The number of hydrogen-bond donors (Lipinski definition) is 1. The Morgan fingerprint density at radius 2 is 1.61 bits per heavy atom. The van der Waals surface area contributed by atoms with E-state index in [1.807, 2.05) is 18.2 Å². The highest BCUT2D eigenvalue weighted by Gasteiger charge is 2.26. The van der Waals surface area contributed by atoms with Crippen molar-refractivity contribution in [2.24, 2.45) is 5.92 Å². The van der Waals surface area contributed by atoms with Crippen molar-refractivity contribution < 1.29 is 4.79 Å². The molecule has 1 atom stereocenters. The summed E-state index contributed by atoms with van der Waals surface area (Å²) in [6.45, 7) is 7.87. The average molecular weight is 440 g/mol. The fourth-order valence-electron chi connectivity index (χ4n) is 5.21. The normalized spacial score (nSPS) is 16.8. The van der Waals surface area contributed by atoms with Gasteiger partial charge in [-0.15, -0.1) is 0 Å². The summed E-state index contributed by atoms with van der Waals surface area (Å²) in [5.41, 5.74) is 7.30. The molecule has 0 unspecified atom stereocenters. The van der Waals surface area contributed by atoms with Gasteiger partial charge in [-0.25, -0.2) is 0 Å². The Labute approximate surface area is 197 Å². The molecule has 2 aliphatic heterocycles. The number of carbonyl (C=O) groups is 1. The average Bonchev–Trinajstić information content (AvgIpc) is 2.85. The monoisotopic (exact) mass is 439 g/mol. The molecule has 3 aromatic rings. The van der Waals surface area contributed by atoms with E-state index in [1.54, 1.807) is 0 Å². The predicted octanol–water partition coefficient (Wildman–Crippen LogP) is 4.99. The van der Waals surface area contributed by atoms with E-state index in [0.717, 1.165) is 68.9 Å². The second kappa shape index (κ2) is 9.80. The zero-order valence-corrected chi connectivity index (χ0v) is 19.5. The largest absolute Gasteiger partial charge is 0.381 e. The third kappa shape index (κ3) is 5.12. The summed E-state index contributed by atoms with van der Waals surface area (Å²) in [4.78, 5) is 17.8. The second-order valence-corrected chi connectivity index (χ2v) is 9.57. The van der Waals surface area contributed by atoms with E-state index >= 15 is 0 Å². The number of nitrogens with zero attached hydrogens (tertiary/aromatic N) is 2. The quantitative estimate of drug-likeness (QED) is 0.563. The summed E-state index contributed by atoms with van der Waals surface area (Å²) >= 11 is 0. The van der Waals surface area contributed by atoms with Crippen molar-refractivity contribution in [1.82, 2.24) is 9.80 Å². The van der Waals surface area contributed by atoms with Gasteiger partial charge in [0.15, 0.2) is 0 Å². The van der Waals surface area contributed by atoms with Gasteiger partial charge in [0.1, 0.15) is 0 Å². The van der Waals surface area contributed by atoms with E-state index in [4.69, 9.17) is 0 Å². The molecular weight excluding hydrogens is 406 g/mol. The van der Waals surface area contributed by atoms with Gasteiger partial charge in [0, 0.05) is 50.5 Å². The molecule has 0 aromatic heterocycles. The molecule has 3 aromatic carbocycles. The minimum Gasteiger partial charge on any atom is -0.381 e. The number of anilines is 1. The molecule has 0 bridgehead atoms. The lowest BCUT2D eigenvalue weighted by Gasteiger charge is -2.34.